The van der Waals surface area contributed by atoms with Crippen LogP contribution in [0.3, 0.4) is 0 Å². The lowest BCUT2D eigenvalue weighted by Crippen LogP contribution is -2.23. The molecule has 2 unspecified atom stereocenters. The van der Waals surface area contributed by atoms with Crippen molar-refractivity contribution in [1.82, 2.24) is 0 Å². The van der Waals surface area contributed by atoms with Gasteiger partial charge in [-0.15, -0.1) is 0 Å². The molecule has 0 aliphatic carbocycles. The van der Waals surface area contributed by atoms with Gasteiger partial charge in [0.05, 0.1) is 6.61 Å². The molecule has 0 aromatic heterocycles. The first-order valence-electron chi connectivity index (χ1n) is 3.66. The Kier molecular flexibility index (Phi) is 5.46. The highest BCUT2D eigenvalue weighted by molar-refractivity contribution is 7.45. The number of rotatable bonds is 5. The van der Waals surface area contributed by atoms with Crippen molar-refractivity contribution in [2.24, 2.45) is 5.92 Å². The molecule has 6 heteroatoms. The third-order valence-corrected chi connectivity index (χ3v) is 2.29. The van der Waals surface area contributed by atoms with Crippen molar-refractivity contribution in [3.05, 3.63) is 0 Å². The van der Waals surface area contributed by atoms with E-state index in [-0.39, 0.29) is 6.61 Å². The number of hydrogen-bond acceptors (Lipinski definition) is 4. The van der Waals surface area contributed by atoms with E-state index in [1.165, 1.54) is 0 Å². The van der Waals surface area contributed by atoms with Gasteiger partial charge in [-0.05, 0) is 13.8 Å². The normalized spacial score (nSPS) is 13.9. The number of aliphatic carboxylic acids is 1. The van der Waals surface area contributed by atoms with E-state index in [1.807, 2.05) is 0 Å². The predicted molar refractivity (Wildman–Crippen MR) is 46.4 cm³/mol. The quantitative estimate of drug-likeness (QED) is 0.496. The largest absolute Gasteiger partial charge is 0.603 e. The molecule has 0 rings (SSSR count). The van der Waals surface area contributed by atoms with Crippen LogP contribution < -0.4 is 4.89 Å². The first-order chi connectivity index (χ1) is 5.99. The summed E-state index contributed by atoms with van der Waals surface area (Å²) in [6.45, 7) is 2.98. The van der Waals surface area contributed by atoms with E-state index in [9.17, 15) is 14.5 Å². The lowest BCUT2D eigenvalue weighted by Gasteiger charge is -2.00. The second-order valence-corrected chi connectivity index (χ2v) is 3.41. The predicted octanol–water partition coefficient (Wildman–Crippen LogP) is -0.213. The lowest BCUT2D eigenvalue weighted by atomic mass is 10.1. The van der Waals surface area contributed by atoms with Crippen molar-refractivity contribution in [2.45, 2.75) is 13.8 Å². The highest BCUT2D eigenvalue weighted by Crippen LogP contribution is 2.14. The Bertz CT molecular complexity index is 221. The van der Waals surface area contributed by atoms with Crippen molar-refractivity contribution in [3.63, 3.8) is 0 Å². The molecule has 1 N–H and O–H groups in total. The van der Waals surface area contributed by atoms with Gasteiger partial charge < -0.3 is 10.00 Å². The van der Waals surface area contributed by atoms with Gasteiger partial charge in [0.1, 0.15) is 5.80 Å². The van der Waals surface area contributed by atoms with E-state index in [0.29, 0.717) is 0 Å². The molecule has 5 nitrogen and oxygen atoms in total. The van der Waals surface area contributed by atoms with Gasteiger partial charge in [0.2, 0.25) is 8.00 Å². The summed E-state index contributed by atoms with van der Waals surface area (Å²) in [5, 5.41) is 8.52. The maximum absolute atomic E-state index is 10.9. The number of carbonyl (C=O) groups is 2. The second kappa shape index (κ2) is 5.80. The second-order valence-electron chi connectivity index (χ2n) is 2.28. The van der Waals surface area contributed by atoms with Crippen molar-refractivity contribution in [1.29, 1.82) is 0 Å². The molecule has 0 aliphatic heterocycles. The summed E-state index contributed by atoms with van der Waals surface area (Å²) in [4.78, 5) is 32.1. The molecule has 74 valence electrons. The summed E-state index contributed by atoms with van der Waals surface area (Å²) >= 11 is 0. The Morgan fingerprint density at radius 1 is 1.69 bits per heavy atom. The molecule has 2 atom stereocenters. The lowest BCUT2D eigenvalue weighted by molar-refractivity contribution is -0.172. The Balaban J connectivity index is 4.49. The maximum atomic E-state index is 10.9. The van der Waals surface area contributed by atoms with E-state index >= 15 is 0 Å². The monoisotopic (exact) mass is 206 g/mol. The highest BCUT2D eigenvalue weighted by atomic mass is 31.1. The first-order valence-corrected chi connectivity index (χ1v) is 4.91. The van der Waals surface area contributed by atoms with Gasteiger partial charge in [-0.1, -0.05) is 0 Å². The summed E-state index contributed by atoms with van der Waals surface area (Å²) in [6.07, 6.45) is 0. The van der Waals surface area contributed by atoms with Crippen LogP contribution in [0.4, 0.5) is 0 Å². The Hall–Kier alpha value is -0.770. The molecule has 0 spiro atoms. The summed E-state index contributed by atoms with van der Waals surface area (Å²) in [7, 11) is -2.16. The average Bonchev–Trinajstić information content (AvgIpc) is 1.99. The van der Waals surface area contributed by atoms with Gasteiger partial charge >= 0.3 is 5.97 Å². The fraction of sp³-hybridized carbons (Fsp3) is 0.571. The first kappa shape index (κ1) is 12.2. The van der Waals surface area contributed by atoms with Crippen molar-refractivity contribution >= 4 is 25.5 Å². The molecule has 0 radical (unpaired) electrons. The smallest absolute Gasteiger partial charge is 0.321 e. The molecule has 0 bridgehead atoms. The minimum absolute atomic E-state index is 0.218. The van der Waals surface area contributed by atoms with Gasteiger partial charge in [0, 0.05) is 0 Å². The van der Waals surface area contributed by atoms with Crippen LogP contribution >= 0.6 is 8.00 Å². The Morgan fingerprint density at radius 3 is 2.54 bits per heavy atom. The van der Waals surface area contributed by atoms with Crippen LogP contribution in [0.15, 0.2) is 0 Å². The fourth-order valence-electron chi connectivity index (χ4n) is 0.635. The van der Waals surface area contributed by atoms with Gasteiger partial charge in [-0.25, -0.2) is 0 Å². The standard InChI is InChI=1S/C7H11O5P/c1-3-12-13(11)4-6(5(2)8)7(9)10/h4,6H,3H2,1-2H3,(H,9,10). The fourth-order valence-corrected chi connectivity index (χ4v) is 1.56. The van der Waals surface area contributed by atoms with Crippen LogP contribution in [0.5, 0.6) is 0 Å². The summed E-state index contributed by atoms with van der Waals surface area (Å²) in [5.41, 5.74) is 0. The van der Waals surface area contributed by atoms with E-state index in [2.05, 4.69) is 4.52 Å². The molecule has 13 heavy (non-hydrogen) atoms. The zero-order chi connectivity index (χ0) is 10.4. The third kappa shape index (κ3) is 4.72. The molecular formula is C7H11O5P. The zero-order valence-corrected chi connectivity index (χ0v) is 8.28. The maximum Gasteiger partial charge on any atom is 0.321 e. The molecule has 0 fully saturated rings. The number of carbonyl (C=O) groups excluding carboxylic acids is 1. The van der Waals surface area contributed by atoms with E-state index < -0.39 is 25.7 Å². The number of carboxylic acid groups (broad SMARTS) is 1. The molecular weight excluding hydrogens is 195 g/mol. The summed E-state index contributed by atoms with van der Waals surface area (Å²) < 4.78 is 4.61. The third-order valence-electron chi connectivity index (χ3n) is 1.23. The molecule has 0 saturated heterocycles. The summed E-state index contributed by atoms with van der Waals surface area (Å²) in [5.74, 6) is -2.30. The zero-order valence-electron chi connectivity index (χ0n) is 7.39. The van der Waals surface area contributed by atoms with E-state index in [0.717, 1.165) is 12.7 Å². The highest BCUT2D eigenvalue weighted by Gasteiger charge is 2.23. The minimum atomic E-state index is -2.16. The molecule has 0 aromatic rings. The van der Waals surface area contributed by atoms with Gasteiger partial charge in [-0.2, -0.15) is 4.52 Å². The number of ketones is 1. The number of hydrogen-bond donors (Lipinski definition) is 1. The van der Waals surface area contributed by atoms with Crippen LogP contribution in [0.2, 0.25) is 0 Å². The van der Waals surface area contributed by atoms with Crippen molar-refractivity contribution in [2.75, 3.05) is 6.61 Å². The van der Waals surface area contributed by atoms with Crippen molar-refractivity contribution < 1.29 is 24.1 Å². The number of Topliss-reactive ketones (excluding diaryl/α,β-unsaturated/α-hetero) is 1. The van der Waals surface area contributed by atoms with Crippen LogP contribution in [-0.4, -0.2) is 29.3 Å². The topological polar surface area (TPSA) is 86.7 Å². The van der Waals surface area contributed by atoms with Crippen LogP contribution in [0, 0.1) is 5.92 Å². The van der Waals surface area contributed by atoms with Gasteiger partial charge in [0.15, 0.2) is 11.7 Å². The van der Waals surface area contributed by atoms with Gasteiger partial charge in [0.25, 0.3) is 0 Å². The van der Waals surface area contributed by atoms with E-state index in [4.69, 9.17) is 5.11 Å². The molecule has 0 amide bonds. The van der Waals surface area contributed by atoms with Crippen molar-refractivity contribution in [3.8, 4) is 0 Å². The van der Waals surface area contributed by atoms with Crippen LogP contribution in [0.25, 0.3) is 0 Å². The summed E-state index contributed by atoms with van der Waals surface area (Å²) in [6, 6.07) is 0. The number of carboxylic acids is 1. The molecule has 0 saturated carbocycles. The van der Waals surface area contributed by atoms with Crippen LogP contribution in [0.1, 0.15) is 13.8 Å². The SMILES string of the molecule is CCO[P+]([O-])=CC(C(C)=O)C(=O)O. The molecule has 0 aromatic carbocycles. The van der Waals surface area contributed by atoms with Crippen LogP contribution in [-0.2, 0) is 14.1 Å². The van der Waals surface area contributed by atoms with E-state index in [1.54, 1.807) is 6.92 Å². The van der Waals surface area contributed by atoms with Gasteiger partial charge in [-0.3, -0.25) is 9.59 Å². The Labute approximate surface area is 76.9 Å². The molecule has 0 heterocycles. The average molecular weight is 206 g/mol. The Morgan fingerprint density at radius 2 is 2.23 bits per heavy atom. The molecule has 0 aliphatic rings. The minimum Gasteiger partial charge on any atom is -0.603 e.